The van der Waals surface area contributed by atoms with Crippen LogP contribution in [0.1, 0.15) is 17.4 Å². The summed E-state index contributed by atoms with van der Waals surface area (Å²) in [6.07, 6.45) is 0. The maximum Gasteiger partial charge on any atom is 0.360 e. The second-order valence-corrected chi connectivity index (χ2v) is 3.46. The molecule has 0 amide bonds. The Kier molecular flexibility index (Phi) is 3.27. The molecule has 0 atom stereocenters. The first-order valence-electron chi connectivity index (χ1n) is 5.24. The molecule has 0 bridgehead atoms. The first kappa shape index (κ1) is 12.1. The van der Waals surface area contributed by atoms with Crippen LogP contribution >= 0.6 is 0 Å². The number of esters is 1. The number of aromatic nitrogens is 1. The van der Waals surface area contributed by atoms with Gasteiger partial charge in [0.05, 0.1) is 12.2 Å². The molecule has 2 aromatic rings. The molecule has 0 radical (unpaired) electrons. The van der Waals surface area contributed by atoms with E-state index in [1.807, 2.05) is 0 Å². The van der Waals surface area contributed by atoms with E-state index in [1.54, 1.807) is 6.92 Å². The molecule has 0 unspecified atom stereocenters. The van der Waals surface area contributed by atoms with Gasteiger partial charge in [-0.25, -0.2) is 9.18 Å². The van der Waals surface area contributed by atoms with Gasteiger partial charge >= 0.3 is 5.97 Å². The second-order valence-electron chi connectivity index (χ2n) is 3.46. The summed E-state index contributed by atoms with van der Waals surface area (Å²) < 4.78 is 23.1. The van der Waals surface area contributed by atoms with Crippen LogP contribution in [0, 0.1) is 5.82 Å². The maximum atomic E-state index is 13.5. The van der Waals surface area contributed by atoms with Crippen molar-refractivity contribution in [2.24, 2.45) is 0 Å². The number of phenolic OH excluding ortho intramolecular Hbond substituents is 1. The van der Waals surface area contributed by atoms with Crippen LogP contribution in [0.3, 0.4) is 0 Å². The van der Waals surface area contributed by atoms with Crippen molar-refractivity contribution in [2.45, 2.75) is 6.92 Å². The molecule has 1 aromatic heterocycles. The van der Waals surface area contributed by atoms with Crippen molar-refractivity contribution in [3.05, 3.63) is 35.8 Å². The summed E-state index contributed by atoms with van der Waals surface area (Å²) in [5.74, 6) is -1.40. The van der Waals surface area contributed by atoms with Crippen molar-refractivity contribution in [1.29, 1.82) is 0 Å². The second kappa shape index (κ2) is 4.87. The third-order valence-corrected chi connectivity index (χ3v) is 2.21. The maximum absolute atomic E-state index is 13.5. The van der Waals surface area contributed by atoms with E-state index < -0.39 is 11.8 Å². The highest BCUT2D eigenvalue weighted by Crippen LogP contribution is 2.26. The van der Waals surface area contributed by atoms with E-state index in [9.17, 15) is 9.18 Å². The van der Waals surface area contributed by atoms with E-state index in [0.29, 0.717) is 0 Å². The Morgan fingerprint density at radius 2 is 2.28 bits per heavy atom. The third-order valence-electron chi connectivity index (χ3n) is 2.21. The number of carbonyl (C=O) groups is 1. The summed E-state index contributed by atoms with van der Waals surface area (Å²) in [4.78, 5) is 11.3. The summed E-state index contributed by atoms with van der Waals surface area (Å²) in [6, 6.07) is 4.88. The number of nitrogens with zero attached hydrogens (tertiary/aromatic N) is 1. The molecule has 1 N–H and O–H groups in total. The Balaban J connectivity index is 2.32. The fourth-order valence-corrected chi connectivity index (χ4v) is 1.41. The van der Waals surface area contributed by atoms with Crippen LogP contribution in [0.15, 0.2) is 28.8 Å². The van der Waals surface area contributed by atoms with Crippen LogP contribution < -0.4 is 0 Å². The predicted molar refractivity (Wildman–Crippen MR) is 59.5 cm³/mol. The van der Waals surface area contributed by atoms with Gasteiger partial charge in [0.15, 0.2) is 11.5 Å². The third kappa shape index (κ3) is 2.32. The number of carbonyl (C=O) groups excluding carboxylic acids is 1. The van der Waals surface area contributed by atoms with Gasteiger partial charge in [-0.1, -0.05) is 5.16 Å². The molecule has 0 aliphatic rings. The molecule has 0 saturated carbocycles. The van der Waals surface area contributed by atoms with Crippen molar-refractivity contribution >= 4 is 5.97 Å². The van der Waals surface area contributed by atoms with Gasteiger partial charge in [-0.3, -0.25) is 0 Å². The van der Waals surface area contributed by atoms with Crippen molar-refractivity contribution in [3.63, 3.8) is 0 Å². The van der Waals surface area contributed by atoms with Crippen LogP contribution in [0.2, 0.25) is 0 Å². The molecule has 0 saturated heterocycles. The van der Waals surface area contributed by atoms with E-state index >= 15 is 0 Å². The predicted octanol–water partition coefficient (Wildman–Crippen LogP) is 2.36. The lowest BCUT2D eigenvalue weighted by Gasteiger charge is -1.98. The van der Waals surface area contributed by atoms with Crippen molar-refractivity contribution in [2.75, 3.05) is 6.61 Å². The van der Waals surface area contributed by atoms with Crippen LogP contribution in [0.5, 0.6) is 5.75 Å². The molecule has 1 aromatic carbocycles. The zero-order valence-electron chi connectivity index (χ0n) is 9.51. The Morgan fingerprint density at radius 1 is 1.50 bits per heavy atom. The summed E-state index contributed by atoms with van der Waals surface area (Å²) in [7, 11) is 0. The number of phenols is 1. The molecule has 1 heterocycles. The lowest BCUT2D eigenvalue weighted by Crippen LogP contribution is -2.04. The number of aromatic hydroxyl groups is 1. The zero-order chi connectivity index (χ0) is 13.1. The van der Waals surface area contributed by atoms with E-state index in [0.717, 1.165) is 6.07 Å². The molecule has 0 aliphatic heterocycles. The standard InChI is InChI=1S/C12H10FNO4/c1-2-17-12(16)10-6-11(18-14-10)8-4-3-7(15)5-9(8)13/h3-6,15H,2H2,1H3. The van der Waals surface area contributed by atoms with E-state index in [-0.39, 0.29) is 29.4 Å². The van der Waals surface area contributed by atoms with Gasteiger partial charge in [0.2, 0.25) is 0 Å². The minimum Gasteiger partial charge on any atom is -0.508 e. The summed E-state index contributed by atoms with van der Waals surface area (Å²) in [5, 5.41) is 12.6. The van der Waals surface area contributed by atoms with Gasteiger partial charge in [-0.05, 0) is 19.1 Å². The number of hydrogen-bond donors (Lipinski definition) is 1. The largest absolute Gasteiger partial charge is 0.508 e. The van der Waals surface area contributed by atoms with Crippen LogP contribution in [-0.2, 0) is 4.74 Å². The molecule has 94 valence electrons. The van der Waals surface area contributed by atoms with Gasteiger partial charge in [0.1, 0.15) is 11.6 Å². The minimum atomic E-state index is -0.665. The first-order chi connectivity index (χ1) is 8.61. The van der Waals surface area contributed by atoms with Crippen LogP contribution in [-0.4, -0.2) is 22.8 Å². The summed E-state index contributed by atoms with van der Waals surface area (Å²) >= 11 is 0. The van der Waals surface area contributed by atoms with Crippen molar-refractivity contribution in [3.8, 4) is 17.1 Å². The number of hydrogen-bond acceptors (Lipinski definition) is 5. The zero-order valence-corrected chi connectivity index (χ0v) is 9.51. The quantitative estimate of drug-likeness (QED) is 0.848. The van der Waals surface area contributed by atoms with Gasteiger partial charge < -0.3 is 14.4 Å². The van der Waals surface area contributed by atoms with E-state index in [2.05, 4.69) is 5.16 Å². The number of halogens is 1. The summed E-state index contributed by atoms with van der Waals surface area (Å²) in [6.45, 7) is 1.88. The van der Waals surface area contributed by atoms with Gasteiger partial charge in [0.25, 0.3) is 0 Å². The molecule has 18 heavy (non-hydrogen) atoms. The lowest BCUT2D eigenvalue weighted by atomic mass is 10.1. The highest BCUT2D eigenvalue weighted by molar-refractivity contribution is 5.88. The van der Waals surface area contributed by atoms with E-state index in [1.165, 1.54) is 18.2 Å². The van der Waals surface area contributed by atoms with Crippen LogP contribution in [0.25, 0.3) is 11.3 Å². The molecular formula is C12H10FNO4. The smallest absolute Gasteiger partial charge is 0.360 e. The Labute approximate surface area is 102 Å². The molecular weight excluding hydrogens is 241 g/mol. The normalized spacial score (nSPS) is 10.3. The fraction of sp³-hybridized carbons (Fsp3) is 0.167. The molecule has 0 fully saturated rings. The van der Waals surface area contributed by atoms with Crippen molar-refractivity contribution < 1.29 is 23.6 Å². The highest BCUT2D eigenvalue weighted by atomic mass is 19.1. The highest BCUT2D eigenvalue weighted by Gasteiger charge is 2.16. The van der Waals surface area contributed by atoms with Gasteiger partial charge in [0, 0.05) is 12.1 Å². The average molecular weight is 251 g/mol. The average Bonchev–Trinajstić information content (AvgIpc) is 2.78. The first-order valence-corrected chi connectivity index (χ1v) is 5.24. The minimum absolute atomic E-state index is 0.0284. The fourth-order valence-electron chi connectivity index (χ4n) is 1.41. The number of rotatable bonds is 3. The molecule has 2 rings (SSSR count). The molecule has 5 nitrogen and oxygen atoms in total. The van der Waals surface area contributed by atoms with E-state index in [4.69, 9.17) is 14.4 Å². The number of ether oxygens (including phenoxy) is 1. The Hall–Kier alpha value is -2.37. The molecule has 0 aliphatic carbocycles. The van der Waals surface area contributed by atoms with Crippen molar-refractivity contribution in [1.82, 2.24) is 5.16 Å². The molecule has 6 heteroatoms. The lowest BCUT2D eigenvalue weighted by molar-refractivity contribution is 0.0514. The van der Waals surface area contributed by atoms with Crippen LogP contribution in [0.4, 0.5) is 4.39 Å². The Morgan fingerprint density at radius 3 is 2.94 bits per heavy atom. The summed E-state index contributed by atoms with van der Waals surface area (Å²) in [5.41, 5.74) is 0.0789. The number of benzene rings is 1. The topological polar surface area (TPSA) is 72.6 Å². The monoisotopic (exact) mass is 251 g/mol. The molecule has 0 spiro atoms. The van der Waals surface area contributed by atoms with Gasteiger partial charge in [-0.15, -0.1) is 0 Å². The SMILES string of the molecule is CCOC(=O)c1cc(-c2ccc(O)cc2F)on1. The van der Waals surface area contributed by atoms with Gasteiger partial charge in [-0.2, -0.15) is 0 Å². The Bertz CT molecular complexity index is 579.